The van der Waals surface area contributed by atoms with E-state index in [2.05, 4.69) is 0 Å². The van der Waals surface area contributed by atoms with Crippen LogP contribution < -0.4 is 5.23 Å². The molecule has 0 unspecified atom stereocenters. The Morgan fingerprint density at radius 1 is 1.42 bits per heavy atom. The van der Waals surface area contributed by atoms with Gasteiger partial charge in [-0.3, -0.25) is 0 Å². The third-order valence-corrected chi connectivity index (χ3v) is 1.19. The zero-order valence-electron chi connectivity index (χ0n) is 5.78. The van der Waals surface area contributed by atoms with Crippen LogP contribution in [-0.2, 0) is 0 Å². The second-order valence-electron chi connectivity index (χ2n) is 1.95. The molecule has 0 saturated carbocycles. The maximum Gasteiger partial charge on any atom is 0.196 e. The van der Waals surface area contributed by atoms with Crippen LogP contribution >= 0.6 is 0 Å². The molecule has 0 amide bonds. The molecule has 0 heterocycles. The van der Waals surface area contributed by atoms with E-state index in [9.17, 15) is 19.0 Å². The van der Waals surface area contributed by atoms with Crippen molar-refractivity contribution < 1.29 is 13.9 Å². The fourth-order valence-electron chi connectivity index (χ4n) is 0.689. The van der Waals surface area contributed by atoms with Gasteiger partial charge in [-0.2, -0.15) is 0 Å². The average molecular weight is 174 g/mol. The molecule has 0 aliphatic rings. The standard InChI is InChI=1S/C6H4F2N2O2/c7-5-3-1-2-4-6(5)9(8)10(11)12/h1-4H. The number of para-hydroxylation sites is 1. The SMILES string of the molecule is O=[N+]([O-])N(F)c1ccccc1F. The second-order valence-corrected chi connectivity index (χ2v) is 1.95. The average Bonchev–Trinajstić information content (AvgIpc) is 2.04. The molecule has 1 aromatic carbocycles. The summed E-state index contributed by atoms with van der Waals surface area (Å²) in [4.78, 5) is 9.84. The van der Waals surface area contributed by atoms with Crippen molar-refractivity contribution in [2.24, 2.45) is 0 Å². The lowest BCUT2D eigenvalue weighted by Gasteiger charge is -2.02. The van der Waals surface area contributed by atoms with E-state index < -0.39 is 21.8 Å². The van der Waals surface area contributed by atoms with E-state index in [4.69, 9.17) is 0 Å². The van der Waals surface area contributed by atoms with Gasteiger partial charge in [-0.25, -0.2) is 14.5 Å². The molecule has 0 aromatic heterocycles. The molecule has 0 spiro atoms. The fourth-order valence-corrected chi connectivity index (χ4v) is 0.689. The number of nitrogens with zero attached hydrogens (tertiary/aromatic N) is 2. The molecule has 0 N–H and O–H groups in total. The quantitative estimate of drug-likeness (QED) is 0.389. The zero-order valence-corrected chi connectivity index (χ0v) is 5.78. The van der Waals surface area contributed by atoms with Crippen LogP contribution in [0.1, 0.15) is 0 Å². The summed E-state index contributed by atoms with van der Waals surface area (Å²) in [6, 6.07) is 4.52. The van der Waals surface area contributed by atoms with Gasteiger partial charge in [-0.05, 0) is 16.6 Å². The molecular weight excluding hydrogens is 170 g/mol. The monoisotopic (exact) mass is 174 g/mol. The largest absolute Gasteiger partial charge is 0.232 e. The van der Waals surface area contributed by atoms with E-state index >= 15 is 0 Å². The first-order chi connectivity index (χ1) is 5.63. The Kier molecular flexibility index (Phi) is 2.18. The molecule has 0 radical (unpaired) electrons. The summed E-state index contributed by atoms with van der Waals surface area (Å²) < 4.78 is 25.0. The van der Waals surface area contributed by atoms with Crippen molar-refractivity contribution in [3.63, 3.8) is 0 Å². The van der Waals surface area contributed by atoms with Crippen LogP contribution in [0.2, 0.25) is 0 Å². The minimum atomic E-state index is -1.35. The number of halogens is 2. The van der Waals surface area contributed by atoms with Gasteiger partial charge in [0.25, 0.3) is 0 Å². The van der Waals surface area contributed by atoms with Gasteiger partial charge in [-0.15, -0.1) is 0 Å². The summed E-state index contributed by atoms with van der Waals surface area (Å²) in [6.07, 6.45) is 0. The van der Waals surface area contributed by atoms with E-state index in [0.29, 0.717) is 0 Å². The molecule has 0 bridgehead atoms. The molecule has 4 nitrogen and oxygen atoms in total. The fraction of sp³-hybridized carbons (Fsp3) is 0. The predicted molar refractivity (Wildman–Crippen MR) is 37.0 cm³/mol. The molecule has 1 aromatic rings. The van der Waals surface area contributed by atoms with Gasteiger partial charge in [0.15, 0.2) is 16.5 Å². The van der Waals surface area contributed by atoms with Crippen molar-refractivity contribution in [1.82, 2.24) is 0 Å². The van der Waals surface area contributed by atoms with Crippen LogP contribution in [0.25, 0.3) is 0 Å². The summed E-state index contributed by atoms with van der Waals surface area (Å²) in [6.45, 7) is 0. The van der Waals surface area contributed by atoms with Crippen LogP contribution in [0.4, 0.5) is 14.6 Å². The lowest BCUT2D eigenvalue weighted by atomic mass is 10.3. The molecule has 0 saturated heterocycles. The number of anilines is 1. The third kappa shape index (κ3) is 1.47. The Morgan fingerprint density at radius 2 is 2.00 bits per heavy atom. The smallest absolute Gasteiger partial charge is 0.196 e. The summed E-state index contributed by atoms with van der Waals surface area (Å²) in [7, 11) is 0. The number of hydrogen-bond acceptors (Lipinski definition) is 2. The van der Waals surface area contributed by atoms with Gasteiger partial charge in [-0.1, -0.05) is 12.1 Å². The highest BCUT2D eigenvalue weighted by molar-refractivity contribution is 5.42. The van der Waals surface area contributed by atoms with E-state index in [0.717, 1.165) is 12.1 Å². The number of hydrazine groups is 1. The Bertz CT molecular complexity index is 305. The minimum Gasteiger partial charge on any atom is -0.232 e. The van der Waals surface area contributed by atoms with Crippen LogP contribution in [0.3, 0.4) is 0 Å². The van der Waals surface area contributed by atoms with E-state index in [1.54, 1.807) is 0 Å². The topological polar surface area (TPSA) is 46.4 Å². The van der Waals surface area contributed by atoms with Gasteiger partial charge in [0.2, 0.25) is 0 Å². The van der Waals surface area contributed by atoms with Crippen LogP contribution in [0.5, 0.6) is 0 Å². The first kappa shape index (κ1) is 8.38. The van der Waals surface area contributed by atoms with Gasteiger partial charge in [0.05, 0.1) is 5.23 Å². The normalized spacial score (nSPS) is 9.50. The molecule has 0 fully saturated rings. The molecule has 1 rings (SSSR count). The summed E-state index contributed by atoms with van der Waals surface area (Å²) in [5.41, 5.74) is -0.706. The van der Waals surface area contributed by atoms with Crippen LogP contribution in [-0.4, -0.2) is 5.03 Å². The Balaban J connectivity index is 3.02. The van der Waals surface area contributed by atoms with Gasteiger partial charge >= 0.3 is 0 Å². The maximum atomic E-state index is 12.6. The van der Waals surface area contributed by atoms with E-state index in [1.807, 2.05) is 0 Å². The van der Waals surface area contributed by atoms with Gasteiger partial charge < -0.3 is 0 Å². The molecule has 0 aliphatic carbocycles. The molecular formula is C6H4F2N2O2. The Labute approximate surface area is 66.1 Å². The van der Waals surface area contributed by atoms with Gasteiger partial charge in [0.1, 0.15) is 0 Å². The van der Waals surface area contributed by atoms with Crippen molar-refractivity contribution in [2.45, 2.75) is 0 Å². The van der Waals surface area contributed by atoms with Gasteiger partial charge in [0, 0.05) is 0 Å². The first-order valence-corrected chi connectivity index (χ1v) is 2.97. The van der Waals surface area contributed by atoms with Crippen molar-refractivity contribution in [3.05, 3.63) is 40.2 Å². The Hall–Kier alpha value is -1.72. The lowest BCUT2D eigenvalue weighted by molar-refractivity contribution is -0.525. The van der Waals surface area contributed by atoms with Crippen molar-refractivity contribution >= 4 is 5.69 Å². The van der Waals surface area contributed by atoms with Crippen LogP contribution in [0, 0.1) is 15.9 Å². The van der Waals surface area contributed by atoms with Crippen LogP contribution in [0.15, 0.2) is 24.3 Å². The predicted octanol–water partition coefficient (Wildman–Crippen LogP) is 1.71. The molecule has 64 valence electrons. The zero-order chi connectivity index (χ0) is 9.14. The number of hydrogen-bond donors (Lipinski definition) is 0. The molecule has 12 heavy (non-hydrogen) atoms. The number of benzene rings is 1. The highest BCUT2D eigenvalue weighted by Crippen LogP contribution is 2.18. The van der Waals surface area contributed by atoms with E-state index in [1.165, 1.54) is 12.1 Å². The first-order valence-electron chi connectivity index (χ1n) is 2.97. The highest BCUT2D eigenvalue weighted by atomic mass is 19.2. The number of rotatable bonds is 2. The molecule has 0 atom stereocenters. The lowest BCUT2D eigenvalue weighted by Crippen LogP contribution is -2.20. The third-order valence-electron chi connectivity index (χ3n) is 1.19. The molecule has 6 heteroatoms. The summed E-state index contributed by atoms with van der Waals surface area (Å²) in [5, 5.41) is 7.63. The minimum absolute atomic E-state index is 0.706. The summed E-state index contributed by atoms with van der Waals surface area (Å²) >= 11 is 0. The molecule has 0 aliphatic heterocycles. The van der Waals surface area contributed by atoms with E-state index in [-0.39, 0.29) is 0 Å². The Morgan fingerprint density at radius 3 is 2.50 bits per heavy atom. The highest BCUT2D eigenvalue weighted by Gasteiger charge is 2.19. The van der Waals surface area contributed by atoms with Crippen molar-refractivity contribution in [3.8, 4) is 0 Å². The van der Waals surface area contributed by atoms with Crippen molar-refractivity contribution in [2.75, 3.05) is 5.23 Å². The maximum absolute atomic E-state index is 12.6. The second kappa shape index (κ2) is 3.12. The van der Waals surface area contributed by atoms with Crippen molar-refractivity contribution in [1.29, 1.82) is 0 Å². The number of nitro groups is 1. The summed E-state index contributed by atoms with van der Waals surface area (Å²) in [5.74, 6) is -0.975.